The van der Waals surface area contributed by atoms with Gasteiger partial charge in [0.05, 0.1) is 17.3 Å². The molecule has 0 aliphatic carbocycles. The van der Waals surface area contributed by atoms with Crippen molar-refractivity contribution in [3.8, 4) is 5.69 Å². The fourth-order valence-electron chi connectivity index (χ4n) is 3.99. The van der Waals surface area contributed by atoms with Crippen LogP contribution < -0.4 is 4.90 Å². The van der Waals surface area contributed by atoms with Gasteiger partial charge in [0.25, 0.3) is 0 Å². The third-order valence-corrected chi connectivity index (χ3v) is 5.55. The maximum Gasteiger partial charge on any atom is 0.228 e. The van der Waals surface area contributed by atoms with Gasteiger partial charge < -0.3 is 9.80 Å². The molecule has 1 aliphatic rings. The van der Waals surface area contributed by atoms with Gasteiger partial charge in [-0.15, -0.1) is 0 Å². The first-order valence-electron chi connectivity index (χ1n) is 11.1. The Morgan fingerprint density at radius 2 is 1.71 bits per heavy atom. The molecule has 164 valence electrons. The first-order chi connectivity index (χ1) is 14.7. The summed E-state index contributed by atoms with van der Waals surface area (Å²) in [6.07, 6.45) is 2.68. The highest BCUT2D eigenvalue weighted by molar-refractivity contribution is 5.88. The van der Waals surface area contributed by atoms with Gasteiger partial charge in [0.2, 0.25) is 5.91 Å². The van der Waals surface area contributed by atoms with Crippen LogP contribution in [0.1, 0.15) is 40.4 Å². The highest BCUT2D eigenvalue weighted by atomic mass is 16.2. The van der Waals surface area contributed by atoms with Gasteiger partial charge in [-0.1, -0.05) is 52.8 Å². The molecule has 3 heterocycles. The van der Waals surface area contributed by atoms with Crippen LogP contribution in [0.15, 0.2) is 36.5 Å². The third kappa shape index (κ3) is 4.40. The van der Waals surface area contributed by atoms with Crippen molar-refractivity contribution in [1.82, 2.24) is 24.6 Å². The minimum absolute atomic E-state index is 0.206. The molecule has 4 rings (SSSR count). The maximum absolute atomic E-state index is 12.7. The molecule has 7 nitrogen and oxygen atoms in total. The van der Waals surface area contributed by atoms with Gasteiger partial charge in [-0.25, -0.2) is 14.6 Å². The largest absolute Gasteiger partial charge is 0.352 e. The number of benzene rings is 1. The highest BCUT2D eigenvalue weighted by Crippen LogP contribution is 2.28. The van der Waals surface area contributed by atoms with Crippen molar-refractivity contribution in [2.75, 3.05) is 31.1 Å². The van der Waals surface area contributed by atoms with E-state index in [0.717, 1.165) is 47.9 Å². The Balaban J connectivity index is 1.69. The van der Waals surface area contributed by atoms with E-state index >= 15 is 0 Å². The number of anilines is 1. The molecule has 0 atom stereocenters. The van der Waals surface area contributed by atoms with Crippen LogP contribution in [-0.4, -0.2) is 56.7 Å². The van der Waals surface area contributed by atoms with Gasteiger partial charge in [0.1, 0.15) is 11.6 Å². The average molecular weight is 421 g/mol. The number of rotatable bonds is 4. The first kappa shape index (κ1) is 21.3. The summed E-state index contributed by atoms with van der Waals surface area (Å²) in [6, 6.07) is 10.1. The van der Waals surface area contributed by atoms with E-state index in [2.05, 4.69) is 23.8 Å². The van der Waals surface area contributed by atoms with Crippen molar-refractivity contribution < 1.29 is 4.79 Å². The highest BCUT2D eigenvalue weighted by Gasteiger charge is 2.31. The lowest BCUT2D eigenvalue weighted by Crippen LogP contribution is -2.52. The Kier molecular flexibility index (Phi) is 5.69. The zero-order chi connectivity index (χ0) is 22.2. The van der Waals surface area contributed by atoms with E-state index in [0.29, 0.717) is 19.0 Å². The molecule has 0 spiro atoms. The zero-order valence-corrected chi connectivity index (χ0v) is 19.2. The Morgan fingerprint density at radius 1 is 1.03 bits per heavy atom. The minimum atomic E-state index is -0.356. The lowest BCUT2D eigenvalue weighted by molar-refractivity contribution is -0.139. The number of hydrogen-bond donors (Lipinski definition) is 0. The number of piperazine rings is 1. The van der Waals surface area contributed by atoms with Crippen molar-refractivity contribution in [3.63, 3.8) is 0 Å². The van der Waals surface area contributed by atoms with Crippen LogP contribution in [0.5, 0.6) is 0 Å². The molecule has 1 amide bonds. The molecule has 0 radical (unpaired) electrons. The number of carbonyl (C=O) groups excluding carboxylic acids is 1. The number of aromatic nitrogens is 4. The standard InChI is InChI=1S/C24H32N6O/c1-17(2)15-20-26-21(28-11-13-29(14-12-28)23(31)24(3,4)5)19-16-25-30(22(19)27-20)18-9-7-6-8-10-18/h6-10,16-17H,11-15H2,1-5H3. The number of nitrogens with zero attached hydrogens (tertiary/aromatic N) is 6. The van der Waals surface area contributed by atoms with Crippen LogP contribution in [0, 0.1) is 11.3 Å². The minimum Gasteiger partial charge on any atom is -0.352 e. The van der Waals surface area contributed by atoms with Crippen molar-refractivity contribution in [2.45, 2.75) is 41.0 Å². The van der Waals surface area contributed by atoms with Gasteiger partial charge in [-0.2, -0.15) is 5.10 Å². The van der Waals surface area contributed by atoms with Gasteiger partial charge in [0.15, 0.2) is 5.65 Å². The van der Waals surface area contributed by atoms with Gasteiger partial charge >= 0.3 is 0 Å². The van der Waals surface area contributed by atoms with Crippen LogP contribution in [0.3, 0.4) is 0 Å². The molecule has 0 bridgehead atoms. The van der Waals surface area contributed by atoms with E-state index in [-0.39, 0.29) is 11.3 Å². The van der Waals surface area contributed by atoms with Crippen molar-refractivity contribution in [1.29, 1.82) is 0 Å². The molecule has 0 N–H and O–H groups in total. The number of carbonyl (C=O) groups is 1. The molecular formula is C24H32N6O. The van der Waals surface area contributed by atoms with Crippen molar-refractivity contribution in [2.24, 2.45) is 11.3 Å². The summed E-state index contributed by atoms with van der Waals surface area (Å²) >= 11 is 0. The number of hydrogen-bond acceptors (Lipinski definition) is 5. The van der Waals surface area contributed by atoms with E-state index in [9.17, 15) is 4.79 Å². The Morgan fingerprint density at radius 3 is 2.32 bits per heavy atom. The molecule has 1 saturated heterocycles. The summed E-state index contributed by atoms with van der Waals surface area (Å²) in [6.45, 7) is 13.2. The van der Waals surface area contributed by atoms with Crippen molar-refractivity contribution in [3.05, 3.63) is 42.4 Å². The Hall–Kier alpha value is -2.96. The molecule has 1 aliphatic heterocycles. The fourth-order valence-corrected chi connectivity index (χ4v) is 3.99. The molecule has 2 aromatic heterocycles. The van der Waals surface area contributed by atoms with Crippen molar-refractivity contribution >= 4 is 22.8 Å². The maximum atomic E-state index is 12.7. The number of fused-ring (bicyclic) bond motifs is 1. The molecule has 3 aromatic rings. The van der Waals surface area contributed by atoms with Crippen LogP contribution in [0.4, 0.5) is 5.82 Å². The molecular weight excluding hydrogens is 388 g/mol. The van der Waals surface area contributed by atoms with Gasteiger partial charge in [-0.3, -0.25) is 4.79 Å². The number of amides is 1. The zero-order valence-electron chi connectivity index (χ0n) is 19.2. The second-order valence-electron chi connectivity index (χ2n) is 9.72. The predicted molar refractivity (Wildman–Crippen MR) is 123 cm³/mol. The average Bonchev–Trinajstić information content (AvgIpc) is 3.16. The topological polar surface area (TPSA) is 67.2 Å². The lowest BCUT2D eigenvalue weighted by atomic mass is 9.94. The van der Waals surface area contributed by atoms with Gasteiger partial charge in [-0.05, 0) is 18.1 Å². The lowest BCUT2D eigenvalue weighted by Gasteiger charge is -2.38. The fraction of sp³-hybridized carbons (Fsp3) is 0.500. The molecule has 7 heteroatoms. The summed E-state index contributed by atoms with van der Waals surface area (Å²) in [4.78, 5) is 26.8. The van der Waals surface area contributed by atoms with Crippen LogP contribution >= 0.6 is 0 Å². The molecule has 1 fully saturated rings. The van der Waals surface area contributed by atoms with Gasteiger partial charge in [0, 0.05) is 38.0 Å². The smallest absolute Gasteiger partial charge is 0.228 e. The summed E-state index contributed by atoms with van der Waals surface area (Å²) in [5.74, 6) is 2.42. The molecule has 31 heavy (non-hydrogen) atoms. The van der Waals surface area contributed by atoms with E-state index in [1.165, 1.54) is 0 Å². The summed E-state index contributed by atoms with van der Waals surface area (Å²) in [7, 11) is 0. The monoisotopic (exact) mass is 420 g/mol. The molecule has 0 saturated carbocycles. The second kappa shape index (κ2) is 8.29. The Bertz CT molecular complexity index is 1060. The van der Waals surface area contributed by atoms with Crippen LogP contribution in [-0.2, 0) is 11.2 Å². The molecule has 0 unspecified atom stereocenters. The van der Waals surface area contributed by atoms with E-state index in [1.807, 2.05) is 66.9 Å². The Labute approximate surface area is 184 Å². The van der Waals surface area contributed by atoms with E-state index < -0.39 is 0 Å². The van der Waals surface area contributed by atoms with E-state index in [4.69, 9.17) is 9.97 Å². The number of para-hydroxylation sites is 1. The third-order valence-electron chi connectivity index (χ3n) is 5.55. The summed E-state index contributed by atoms with van der Waals surface area (Å²) in [5, 5.41) is 5.59. The van der Waals surface area contributed by atoms with Crippen LogP contribution in [0.2, 0.25) is 0 Å². The summed E-state index contributed by atoms with van der Waals surface area (Å²) < 4.78 is 1.89. The quantitative estimate of drug-likeness (QED) is 0.644. The molecule has 1 aromatic carbocycles. The second-order valence-corrected chi connectivity index (χ2v) is 9.72. The first-order valence-corrected chi connectivity index (χ1v) is 11.1. The normalized spacial score (nSPS) is 15.2. The van der Waals surface area contributed by atoms with Crippen LogP contribution in [0.25, 0.3) is 16.7 Å². The summed E-state index contributed by atoms with van der Waals surface area (Å²) in [5.41, 5.74) is 1.46. The SMILES string of the molecule is CC(C)Cc1nc(N2CCN(C(=O)C(C)(C)C)CC2)c2cnn(-c3ccccc3)c2n1. The predicted octanol–water partition coefficient (Wildman–Crippen LogP) is 3.71. The van der Waals surface area contributed by atoms with E-state index in [1.54, 1.807) is 0 Å².